The number of halogens is 1. The number of anilines is 1. The summed E-state index contributed by atoms with van der Waals surface area (Å²) in [7, 11) is -1.49. The van der Waals surface area contributed by atoms with E-state index in [0.29, 0.717) is 56.7 Å². The minimum absolute atomic E-state index is 0. The van der Waals surface area contributed by atoms with Crippen molar-refractivity contribution in [2.24, 2.45) is 4.99 Å². The van der Waals surface area contributed by atoms with Crippen LogP contribution in [-0.4, -0.2) is 64.3 Å². The number of guanidine groups is 1. The fourth-order valence-corrected chi connectivity index (χ4v) is 4.20. The lowest BCUT2D eigenvalue weighted by Crippen LogP contribution is -2.33. The summed E-state index contributed by atoms with van der Waals surface area (Å²) in [6, 6.07) is 5.55. The van der Waals surface area contributed by atoms with Gasteiger partial charge in [-0.2, -0.15) is 0 Å². The summed E-state index contributed by atoms with van der Waals surface area (Å²) in [5.41, 5.74) is 0.804. The normalized spacial score (nSPS) is 16.5. The molecule has 0 aliphatic carbocycles. The van der Waals surface area contributed by atoms with E-state index in [-0.39, 0.29) is 29.7 Å². The van der Waals surface area contributed by atoms with Gasteiger partial charge >= 0.3 is 0 Å². The standard InChI is InChI=1S/C17H28N4O4S.HI/c1-4-18-17(19-9-11-21-10-6-12-26(21,22)23)20-14-7-8-15(25-5-2)16(13-14)24-3;/h7-8,13H,4-6,9-12H2,1-3H3,(H2,18,19,20);1H. The Morgan fingerprint density at radius 2 is 2.07 bits per heavy atom. The highest BCUT2D eigenvalue weighted by Gasteiger charge is 2.27. The molecule has 1 aliphatic heterocycles. The number of aliphatic imine (C=N–C) groups is 1. The van der Waals surface area contributed by atoms with Gasteiger partial charge in [0.25, 0.3) is 0 Å². The number of nitrogens with one attached hydrogen (secondary N) is 2. The van der Waals surface area contributed by atoms with Crippen LogP contribution in [0.15, 0.2) is 23.2 Å². The summed E-state index contributed by atoms with van der Waals surface area (Å²) < 4.78 is 36.0. The number of nitrogens with zero attached hydrogens (tertiary/aromatic N) is 2. The van der Waals surface area contributed by atoms with Gasteiger partial charge in [0.15, 0.2) is 17.5 Å². The summed E-state index contributed by atoms with van der Waals surface area (Å²) in [5.74, 6) is 2.15. The minimum Gasteiger partial charge on any atom is -0.493 e. The summed E-state index contributed by atoms with van der Waals surface area (Å²) in [6.07, 6.45) is 0.691. The molecule has 1 heterocycles. The smallest absolute Gasteiger partial charge is 0.214 e. The van der Waals surface area contributed by atoms with Gasteiger partial charge in [-0.15, -0.1) is 24.0 Å². The first-order valence-corrected chi connectivity index (χ1v) is 10.4. The molecule has 1 aliphatic rings. The quantitative estimate of drug-likeness (QED) is 0.315. The topological polar surface area (TPSA) is 92.3 Å². The van der Waals surface area contributed by atoms with Crippen molar-refractivity contribution in [3.8, 4) is 11.5 Å². The van der Waals surface area contributed by atoms with Crippen LogP contribution in [0.5, 0.6) is 11.5 Å². The van der Waals surface area contributed by atoms with Crippen LogP contribution in [0.3, 0.4) is 0 Å². The fraction of sp³-hybridized carbons (Fsp3) is 0.588. The lowest BCUT2D eigenvalue weighted by molar-refractivity contribution is 0.311. The molecule has 1 fully saturated rings. The first kappa shape index (κ1) is 23.8. The van der Waals surface area contributed by atoms with E-state index in [2.05, 4.69) is 15.6 Å². The second kappa shape index (κ2) is 11.5. The van der Waals surface area contributed by atoms with Gasteiger partial charge < -0.3 is 20.1 Å². The maximum atomic E-state index is 11.8. The molecule has 10 heteroatoms. The van der Waals surface area contributed by atoms with Crippen LogP contribution in [0.2, 0.25) is 0 Å². The Labute approximate surface area is 178 Å². The molecule has 27 heavy (non-hydrogen) atoms. The van der Waals surface area contributed by atoms with Gasteiger partial charge in [0, 0.05) is 31.4 Å². The summed E-state index contributed by atoms with van der Waals surface area (Å²) in [5, 5.41) is 6.36. The number of hydrogen-bond acceptors (Lipinski definition) is 5. The Morgan fingerprint density at radius 1 is 1.30 bits per heavy atom. The van der Waals surface area contributed by atoms with Crippen molar-refractivity contribution in [1.29, 1.82) is 0 Å². The third kappa shape index (κ3) is 7.00. The molecule has 0 spiro atoms. The molecule has 8 nitrogen and oxygen atoms in total. The van der Waals surface area contributed by atoms with Crippen LogP contribution in [0.1, 0.15) is 20.3 Å². The zero-order chi connectivity index (χ0) is 19.0. The Hall–Kier alpha value is -1.27. The molecule has 1 aromatic carbocycles. The van der Waals surface area contributed by atoms with Crippen molar-refractivity contribution in [3.63, 3.8) is 0 Å². The molecule has 1 aromatic rings. The number of ether oxygens (including phenoxy) is 2. The highest BCUT2D eigenvalue weighted by Crippen LogP contribution is 2.30. The number of benzene rings is 1. The van der Waals surface area contributed by atoms with E-state index < -0.39 is 10.0 Å². The first-order chi connectivity index (χ1) is 12.5. The maximum absolute atomic E-state index is 11.8. The zero-order valence-electron chi connectivity index (χ0n) is 16.0. The predicted molar refractivity (Wildman–Crippen MR) is 119 cm³/mol. The second-order valence-corrected chi connectivity index (χ2v) is 7.84. The van der Waals surface area contributed by atoms with Crippen molar-refractivity contribution >= 4 is 45.6 Å². The van der Waals surface area contributed by atoms with Crippen LogP contribution in [0.4, 0.5) is 5.69 Å². The monoisotopic (exact) mass is 512 g/mol. The van der Waals surface area contributed by atoms with Crippen molar-refractivity contribution < 1.29 is 17.9 Å². The third-order valence-corrected chi connectivity index (χ3v) is 5.85. The van der Waals surface area contributed by atoms with Crippen LogP contribution in [0, 0.1) is 0 Å². The van der Waals surface area contributed by atoms with Crippen molar-refractivity contribution in [2.75, 3.05) is 51.0 Å². The van der Waals surface area contributed by atoms with Gasteiger partial charge in [-0.3, -0.25) is 4.99 Å². The Balaban J connectivity index is 0.00000364. The van der Waals surface area contributed by atoms with E-state index in [1.165, 1.54) is 4.31 Å². The highest BCUT2D eigenvalue weighted by atomic mass is 127. The van der Waals surface area contributed by atoms with Crippen LogP contribution in [-0.2, 0) is 10.0 Å². The Morgan fingerprint density at radius 3 is 2.67 bits per heavy atom. The molecule has 1 saturated heterocycles. The van der Waals surface area contributed by atoms with Gasteiger partial charge in [0.1, 0.15) is 0 Å². The highest BCUT2D eigenvalue weighted by molar-refractivity contribution is 14.0. The molecule has 0 saturated carbocycles. The van der Waals surface area contributed by atoms with Crippen LogP contribution < -0.4 is 20.1 Å². The average molecular weight is 512 g/mol. The van der Waals surface area contributed by atoms with E-state index in [9.17, 15) is 8.42 Å². The second-order valence-electron chi connectivity index (χ2n) is 5.75. The molecule has 0 aromatic heterocycles. The van der Waals surface area contributed by atoms with Crippen molar-refractivity contribution in [1.82, 2.24) is 9.62 Å². The number of rotatable bonds is 8. The molecule has 0 amide bonds. The van der Waals surface area contributed by atoms with E-state index in [1.54, 1.807) is 7.11 Å². The number of methoxy groups -OCH3 is 1. The van der Waals surface area contributed by atoms with E-state index >= 15 is 0 Å². The molecule has 0 bridgehead atoms. The molecule has 0 atom stereocenters. The predicted octanol–water partition coefficient (Wildman–Crippen LogP) is 2.12. The van der Waals surface area contributed by atoms with Crippen molar-refractivity contribution in [3.05, 3.63) is 18.2 Å². The Bertz CT molecular complexity index is 728. The SMILES string of the molecule is CCNC(=NCCN1CCCS1(=O)=O)Nc1ccc(OCC)c(OC)c1.I. The number of hydrogen-bond donors (Lipinski definition) is 2. The summed E-state index contributed by atoms with van der Waals surface area (Å²) in [6.45, 7) is 6.52. The maximum Gasteiger partial charge on any atom is 0.214 e. The first-order valence-electron chi connectivity index (χ1n) is 8.84. The van der Waals surface area contributed by atoms with Gasteiger partial charge in [-0.05, 0) is 32.4 Å². The lowest BCUT2D eigenvalue weighted by atomic mass is 10.2. The molecular weight excluding hydrogens is 483 g/mol. The molecule has 0 radical (unpaired) electrons. The van der Waals surface area contributed by atoms with Gasteiger partial charge in [0.05, 0.1) is 26.0 Å². The fourth-order valence-electron chi connectivity index (χ4n) is 2.68. The summed E-state index contributed by atoms with van der Waals surface area (Å²) >= 11 is 0. The van der Waals surface area contributed by atoms with Crippen LogP contribution >= 0.6 is 24.0 Å². The van der Waals surface area contributed by atoms with Crippen molar-refractivity contribution in [2.45, 2.75) is 20.3 Å². The molecule has 154 valence electrons. The molecule has 0 unspecified atom stereocenters. The average Bonchev–Trinajstić information content (AvgIpc) is 2.95. The lowest BCUT2D eigenvalue weighted by Gasteiger charge is -2.15. The van der Waals surface area contributed by atoms with E-state index in [4.69, 9.17) is 9.47 Å². The Kier molecular flexibility index (Phi) is 10.2. The molecule has 2 rings (SSSR count). The van der Waals surface area contributed by atoms with Crippen LogP contribution in [0.25, 0.3) is 0 Å². The zero-order valence-corrected chi connectivity index (χ0v) is 19.2. The third-order valence-electron chi connectivity index (χ3n) is 3.89. The minimum atomic E-state index is -3.08. The van der Waals surface area contributed by atoms with E-state index in [0.717, 1.165) is 5.69 Å². The number of sulfonamides is 1. The molecule has 2 N–H and O–H groups in total. The van der Waals surface area contributed by atoms with E-state index in [1.807, 2.05) is 32.0 Å². The van der Waals surface area contributed by atoms with Gasteiger partial charge in [-0.1, -0.05) is 0 Å². The van der Waals surface area contributed by atoms with Gasteiger partial charge in [-0.25, -0.2) is 12.7 Å². The van der Waals surface area contributed by atoms with Gasteiger partial charge in [0.2, 0.25) is 10.0 Å². The summed E-state index contributed by atoms with van der Waals surface area (Å²) in [4.78, 5) is 4.47. The largest absolute Gasteiger partial charge is 0.493 e. The molecular formula is C17H29IN4O4S.